The van der Waals surface area contributed by atoms with Crippen molar-refractivity contribution in [1.29, 1.82) is 0 Å². The van der Waals surface area contributed by atoms with E-state index in [9.17, 15) is 10.2 Å². The van der Waals surface area contributed by atoms with E-state index < -0.39 is 12.2 Å². The minimum absolute atomic E-state index is 0.0698. The Morgan fingerprint density at radius 2 is 2.18 bits per heavy atom. The quantitative estimate of drug-likeness (QED) is 0.445. The lowest BCUT2D eigenvalue weighted by atomic mass is 9.96. The first-order chi connectivity index (χ1) is 5.16. The van der Waals surface area contributed by atoms with Gasteiger partial charge in [-0.05, 0) is 0 Å². The largest absolute Gasteiger partial charge is 0.390 e. The molecule has 1 aliphatic heterocycles. The molecule has 0 amide bonds. The summed E-state index contributed by atoms with van der Waals surface area (Å²) in [5, 5.41) is 18.7. The number of hydrogen-bond acceptors (Lipinski definition) is 3. The van der Waals surface area contributed by atoms with Crippen LogP contribution in [-0.2, 0) is 4.74 Å². The van der Waals surface area contributed by atoms with Crippen LogP contribution < -0.4 is 0 Å². The molecule has 0 aromatic rings. The minimum Gasteiger partial charge on any atom is -0.390 e. The van der Waals surface area contributed by atoms with Crippen LogP contribution in [0.4, 0.5) is 0 Å². The average molecular weight is 158 g/mol. The summed E-state index contributed by atoms with van der Waals surface area (Å²) in [5.41, 5.74) is 0. The zero-order chi connectivity index (χ0) is 8.43. The van der Waals surface area contributed by atoms with Gasteiger partial charge in [0.15, 0.2) is 0 Å². The first-order valence-corrected chi connectivity index (χ1v) is 3.77. The molecule has 3 nitrogen and oxygen atoms in total. The lowest BCUT2D eigenvalue weighted by Gasteiger charge is -2.19. The van der Waals surface area contributed by atoms with Crippen molar-refractivity contribution in [2.24, 2.45) is 5.92 Å². The summed E-state index contributed by atoms with van der Waals surface area (Å²) in [6, 6.07) is 0. The fourth-order valence-corrected chi connectivity index (χ4v) is 1.01. The van der Waals surface area contributed by atoms with Gasteiger partial charge in [-0.25, -0.2) is 0 Å². The summed E-state index contributed by atoms with van der Waals surface area (Å²) in [6.07, 6.45) is 0.146. The summed E-state index contributed by atoms with van der Waals surface area (Å²) in [7, 11) is 0. The van der Waals surface area contributed by atoms with Crippen molar-refractivity contribution in [2.75, 3.05) is 6.61 Å². The van der Waals surface area contributed by atoms with E-state index >= 15 is 0 Å². The molecular weight excluding hydrogens is 144 g/mol. The van der Waals surface area contributed by atoms with E-state index in [1.165, 1.54) is 6.08 Å². The highest BCUT2D eigenvalue weighted by Crippen LogP contribution is 2.22. The normalized spacial score (nSPS) is 30.6. The molecule has 1 fully saturated rings. The van der Waals surface area contributed by atoms with E-state index in [2.05, 4.69) is 6.58 Å². The van der Waals surface area contributed by atoms with Gasteiger partial charge in [0, 0.05) is 5.92 Å². The SMILES string of the molecule is C=CC(O)C(C)C(O)[C@H]1CO1. The van der Waals surface area contributed by atoms with Gasteiger partial charge in [0.1, 0.15) is 6.10 Å². The van der Waals surface area contributed by atoms with E-state index in [0.29, 0.717) is 6.61 Å². The average Bonchev–Trinajstić information content (AvgIpc) is 2.82. The molecular formula is C8H14O3. The number of rotatable bonds is 4. The second-order valence-electron chi connectivity index (χ2n) is 2.95. The van der Waals surface area contributed by atoms with Crippen molar-refractivity contribution in [2.45, 2.75) is 25.2 Å². The van der Waals surface area contributed by atoms with Crippen LogP contribution in [0, 0.1) is 5.92 Å². The van der Waals surface area contributed by atoms with Gasteiger partial charge in [0.2, 0.25) is 0 Å². The Labute approximate surface area is 66.3 Å². The van der Waals surface area contributed by atoms with Gasteiger partial charge < -0.3 is 14.9 Å². The highest BCUT2D eigenvalue weighted by Gasteiger charge is 2.36. The van der Waals surface area contributed by atoms with Crippen molar-refractivity contribution in [3.63, 3.8) is 0 Å². The van der Waals surface area contributed by atoms with E-state index in [1.807, 2.05) is 0 Å². The van der Waals surface area contributed by atoms with Crippen LogP contribution in [0.5, 0.6) is 0 Å². The molecule has 1 heterocycles. The molecule has 2 N–H and O–H groups in total. The first-order valence-electron chi connectivity index (χ1n) is 3.77. The maximum Gasteiger partial charge on any atom is 0.107 e. The maximum atomic E-state index is 9.43. The third-order valence-electron chi connectivity index (χ3n) is 2.06. The molecule has 3 heteroatoms. The maximum absolute atomic E-state index is 9.43. The minimum atomic E-state index is -0.644. The molecule has 1 aliphatic rings. The summed E-state index contributed by atoms with van der Waals surface area (Å²) < 4.78 is 4.89. The molecule has 0 bridgehead atoms. The molecule has 1 rings (SSSR count). The molecule has 0 spiro atoms. The zero-order valence-electron chi connectivity index (χ0n) is 6.60. The van der Waals surface area contributed by atoms with Gasteiger partial charge >= 0.3 is 0 Å². The fraction of sp³-hybridized carbons (Fsp3) is 0.750. The Hall–Kier alpha value is -0.380. The molecule has 4 atom stereocenters. The first kappa shape index (κ1) is 8.71. The lowest BCUT2D eigenvalue weighted by Crippen LogP contribution is -2.32. The van der Waals surface area contributed by atoms with Crippen molar-refractivity contribution >= 4 is 0 Å². The summed E-state index contributed by atoms with van der Waals surface area (Å²) in [6.45, 7) is 5.82. The Kier molecular flexibility index (Phi) is 2.65. The number of aliphatic hydroxyl groups is 2. The van der Waals surface area contributed by atoms with Crippen molar-refractivity contribution in [1.82, 2.24) is 0 Å². The molecule has 0 aromatic carbocycles. The summed E-state index contributed by atoms with van der Waals surface area (Å²) >= 11 is 0. The molecule has 64 valence electrons. The molecule has 11 heavy (non-hydrogen) atoms. The van der Waals surface area contributed by atoms with E-state index in [-0.39, 0.29) is 12.0 Å². The monoisotopic (exact) mass is 158 g/mol. The van der Waals surface area contributed by atoms with Crippen LogP contribution in [-0.4, -0.2) is 35.1 Å². The molecule has 0 saturated carbocycles. The van der Waals surface area contributed by atoms with Gasteiger partial charge in [0.05, 0.1) is 18.8 Å². The van der Waals surface area contributed by atoms with Gasteiger partial charge in [-0.15, -0.1) is 6.58 Å². The predicted molar refractivity (Wildman–Crippen MR) is 41.1 cm³/mol. The fourth-order valence-electron chi connectivity index (χ4n) is 1.01. The topological polar surface area (TPSA) is 53.0 Å². The van der Waals surface area contributed by atoms with Crippen molar-refractivity contribution < 1.29 is 14.9 Å². The van der Waals surface area contributed by atoms with Crippen LogP contribution in [0.15, 0.2) is 12.7 Å². The summed E-state index contributed by atoms with van der Waals surface area (Å²) in [4.78, 5) is 0. The lowest BCUT2D eigenvalue weighted by molar-refractivity contribution is 0.0274. The second kappa shape index (κ2) is 3.34. The molecule has 0 radical (unpaired) electrons. The van der Waals surface area contributed by atoms with E-state index in [1.54, 1.807) is 6.92 Å². The van der Waals surface area contributed by atoms with Gasteiger partial charge in [0.25, 0.3) is 0 Å². The summed E-state index contributed by atoms with van der Waals surface area (Å²) in [5.74, 6) is -0.194. The van der Waals surface area contributed by atoms with Crippen molar-refractivity contribution in [3.8, 4) is 0 Å². The Bertz CT molecular complexity index is 142. The van der Waals surface area contributed by atoms with Crippen LogP contribution in [0.25, 0.3) is 0 Å². The van der Waals surface area contributed by atoms with Crippen molar-refractivity contribution in [3.05, 3.63) is 12.7 Å². The molecule has 0 aromatic heterocycles. The second-order valence-corrected chi connectivity index (χ2v) is 2.95. The Balaban J connectivity index is 2.37. The van der Waals surface area contributed by atoms with Crippen LogP contribution in [0.3, 0.4) is 0 Å². The van der Waals surface area contributed by atoms with E-state index in [0.717, 1.165) is 0 Å². The van der Waals surface area contributed by atoms with E-state index in [4.69, 9.17) is 4.74 Å². The standard InChI is InChI=1S/C8H14O3/c1-3-6(9)5(2)8(10)7-4-11-7/h3,5-10H,1,4H2,2H3/t5?,6?,7-,8?/m1/s1. The number of ether oxygens (including phenoxy) is 1. The zero-order valence-corrected chi connectivity index (χ0v) is 6.60. The van der Waals surface area contributed by atoms with Crippen LogP contribution >= 0.6 is 0 Å². The highest BCUT2D eigenvalue weighted by atomic mass is 16.6. The number of aliphatic hydroxyl groups excluding tert-OH is 2. The third-order valence-corrected chi connectivity index (χ3v) is 2.06. The Morgan fingerprint density at radius 1 is 1.64 bits per heavy atom. The van der Waals surface area contributed by atoms with Gasteiger partial charge in [-0.3, -0.25) is 0 Å². The van der Waals surface area contributed by atoms with Gasteiger partial charge in [-0.2, -0.15) is 0 Å². The smallest absolute Gasteiger partial charge is 0.107 e. The third kappa shape index (κ3) is 2.02. The van der Waals surface area contributed by atoms with Gasteiger partial charge in [-0.1, -0.05) is 13.0 Å². The molecule has 1 saturated heterocycles. The Morgan fingerprint density at radius 3 is 2.55 bits per heavy atom. The molecule has 3 unspecified atom stereocenters. The number of epoxide rings is 1. The van der Waals surface area contributed by atoms with Crippen LogP contribution in [0.2, 0.25) is 0 Å². The molecule has 0 aliphatic carbocycles. The predicted octanol–water partition coefficient (Wildman–Crippen LogP) is -0.0709. The highest BCUT2D eigenvalue weighted by molar-refractivity contribution is 4.91. The number of hydrogen-bond donors (Lipinski definition) is 2. The van der Waals surface area contributed by atoms with Crippen LogP contribution in [0.1, 0.15) is 6.92 Å².